The number of fused-ring (bicyclic) bond motifs is 1. The molecule has 4 aromatic rings. The zero-order chi connectivity index (χ0) is 19.8. The van der Waals surface area contributed by atoms with Gasteiger partial charge in [0.25, 0.3) is 5.69 Å². The van der Waals surface area contributed by atoms with Gasteiger partial charge in [-0.05, 0) is 35.4 Å². The third kappa shape index (κ3) is 3.30. The molecule has 0 atom stereocenters. The first kappa shape index (κ1) is 18.3. The summed E-state index contributed by atoms with van der Waals surface area (Å²) < 4.78 is 14.0. The summed E-state index contributed by atoms with van der Waals surface area (Å²) in [6.07, 6.45) is 0. The van der Waals surface area contributed by atoms with Gasteiger partial charge in [-0.1, -0.05) is 53.5 Å². The lowest BCUT2D eigenvalue weighted by Crippen LogP contribution is -1.94. The maximum absolute atomic E-state index is 14.0. The van der Waals surface area contributed by atoms with E-state index in [0.717, 1.165) is 11.1 Å². The van der Waals surface area contributed by atoms with Gasteiger partial charge in [0.15, 0.2) is 0 Å². The van der Waals surface area contributed by atoms with Crippen LogP contribution in [0.3, 0.4) is 0 Å². The molecule has 0 N–H and O–H groups in total. The number of nitrogens with zero attached hydrogens (tertiary/aromatic N) is 2. The van der Waals surface area contributed by atoms with Gasteiger partial charge in [-0.2, -0.15) is 0 Å². The minimum atomic E-state index is -0.604. The highest BCUT2D eigenvalue weighted by atomic mass is 35.5. The second-order valence-electron chi connectivity index (χ2n) is 6.13. The molecule has 0 spiro atoms. The minimum absolute atomic E-state index is 0.0326. The third-order valence-electron chi connectivity index (χ3n) is 4.37. The Hall–Kier alpha value is -3.02. The number of aromatic nitrogens is 1. The number of nitro groups is 1. The molecule has 0 fully saturated rings. The Labute approximate surface area is 169 Å². The molecule has 0 amide bonds. The highest BCUT2D eigenvalue weighted by Gasteiger charge is 2.16. The molecule has 4 nitrogen and oxygen atoms in total. The lowest BCUT2D eigenvalue weighted by molar-refractivity contribution is -0.384. The lowest BCUT2D eigenvalue weighted by atomic mass is 9.98. The van der Waals surface area contributed by atoms with Crippen molar-refractivity contribution in [3.8, 4) is 22.4 Å². The summed E-state index contributed by atoms with van der Waals surface area (Å²) in [6.45, 7) is 0. The van der Waals surface area contributed by atoms with E-state index in [-0.39, 0.29) is 15.7 Å². The number of halogens is 3. The van der Waals surface area contributed by atoms with Crippen LogP contribution in [0.1, 0.15) is 0 Å². The van der Waals surface area contributed by atoms with Gasteiger partial charge in [0.05, 0.1) is 26.2 Å². The predicted molar refractivity (Wildman–Crippen MR) is 109 cm³/mol. The van der Waals surface area contributed by atoms with Crippen LogP contribution in [0, 0.1) is 15.9 Å². The van der Waals surface area contributed by atoms with Crippen molar-refractivity contribution in [2.45, 2.75) is 0 Å². The van der Waals surface area contributed by atoms with Crippen molar-refractivity contribution in [3.63, 3.8) is 0 Å². The van der Waals surface area contributed by atoms with Crippen molar-refractivity contribution in [1.82, 2.24) is 4.98 Å². The molecular formula is C21H11Cl2FN2O2. The normalized spacial score (nSPS) is 11.0. The molecule has 28 heavy (non-hydrogen) atoms. The molecule has 0 saturated heterocycles. The summed E-state index contributed by atoms with van der Waals surface area (Å²) in [5.74, 6) is -0.604. The van der Waals surface area contributed by atoms with Crippen LogP contribution in [-0.2, 0) is 0 Å². The van der Waals surface area contributed by atoms with Gasteiger partial charge in [-0.3, -0.25) is 10.1 Å². The molecule has 7 heteroatoms. The van der Waals surface area contributed by atoms with Gasteiger partial charge in [-0.15, -0.1) is 0 Å². The Morgan fingerprint density at radius 3 is 2.36 bits per heavy atom. The summed E-state index contributed by atoms with van der Waals surface area (Å²) in [7, 11) is 0. The smallest absolute Gasteiger partial charge is 0.258 e. The first-order valence-corrected chi connectivity index (χ1v) is 8.99. The Bertz CT molecular complexity index is 1230. The highest BCUT2D eigenvalue weighted by molar-refractivity contribution is 6.36. The van der Waals surface area contributed by atoms with E-state index in [1.807, 2.05) is 30.3 Å². The van der Waals surface area contributed by atoms with Crippen molar-refractivity contribution >= 4 is 39.8 Å². The molecule has 0 saturated carbocycles. The van der Waals surface area contributed by atoms with E-state index in [2.05, 4.69) is 4.98 Å². The summed E-state index contributed by atoms with van der Waals surface area (Å²) in [5.41, 5.74) is 2.92. The van der Waals surface area contributed by atoms with Crippen molar-refractivity contribution in [2.75, 3.05) is 0 Å². The molecule has 0 aliphatic carbocycles. The van der Waals surface area contributed by atoms with E-state index in [1.165, 1.54) is 24.3 Å². The van der Waals surface area contributed by atoms with E-state index in [0.29, 0.717) is 22.2 Å². The van der Waals surface area contributed by atoms with Crippen molar-refractivity contribution in [3.05, 3.63) is 92.7 Å². The van der Waals surface area contributed by atoms with Gasteiger partial charge >= 0.3 is 0 Å². The van der Waals surface area contributed by atoms with Crippen molar-refractivity contribution < 1.29 is 9.31 Å². The van der Waals surface area contributed by atoms with Crippen LogP contribution < -0.4 is 0 Å². The summed E-state index contributed by atoms with van der Waals surface area (Å²) in [4.78, 5) is 15.3. The minimum Gasteiger partial charge on any atom is -0.258 e. The lowest BCUT2D eigenvalue weighted by Gasteiger charge is -2.12. The second kappa shape index (κ2) is 7.19. The van der Waals surface area contributed by atoms with Gasteiger partial charge in [-0.25, -0.2) is 9.37 Å². The largest absolute Gasteiger partial charge is 0.270 e. The average Bonchev–Trinajstić information content (AvgIpc) is 2.70. The molecule has 3 aromatic carbocycles. The third-order valence-corrected chi connectivity index (χ3v) is 4.98. The summed E-state index contributed by atoms with van der Waals surface area (Å²) in [6, 6.07) is 18.2. The van der Waals surface area contributed by atoms with Crippen LogP contribution in [-0.4, -0.2) is 9.91 Å². The summed E-state index contributed by atoms with van der Waals surface area (Å²) >= 11 is 12.1. The first-order chi connectivity index (χ1) is 13.4. The molecule has 0 unspecified atom stereocenters. The van der Waals surface area contributed by atoms with Gasteiger partial charge < -0.3 is 0 Å². The van der Waals surface area contributed by atoms with Crippen molar-refractivity contribution in [2.24, 2.45) is 0 Å². The van der Waals surface area contributed by atoms with Crippen LogP contribution in [0.4, 0.5) is 10.1 Å². The summed E-state index contributed by atoms with van der Waals surface area (Å²) in [5, 5.41) is 12.0. The van der Waals surface area contributed by atoms with Crippen LogP contribution in [0.2, 0.25) is 10.0 Å². The zero-order valence-corrected chi connectivity index (χ0v) is 15.7. The molecular weight excluding hydrogens is 402 g/mol. The maximum Gasteiger partial charge on any atom is 0.270 e. The quantitative estimate of drug-likeness (QED) is 0.208. The molecule has 1 heterocycles. The van der Waals surface area contributed by atoms with Crippen LogP contribution in [0.5, 0.6) is 0 Å². The first-order valence-electron chi connectivity index (χ1n) is 8.23. The Kier molecular flexibility index (Phi) is 4.71. The SMILES string of the molecule is O=[N+]([O-])c1ccc2nc(-c3cc(F)c(Cl)cc3Cl)cc(-c3ccccc3)c2c1. The molecule has 0 aliphatic rings. The van der Waals surface area contributed by atoms with E-state index < -0.39 is 10.7 Å². The van der Waals surface area contributed by atoms with E-state index in [4.69, 9.17) is 23.2 Å². The molecule has 0 aliphatic heterocycles. The average molecular weight is 413 g/mol. The van der Waals surface area contributed by atoms with Crippen LogP contribution in [0.15, 0.2) is 66.7 Å². The monoisotopic (exact) mass is 412 g/mol. The number of benzene rings is 3. The van der Waals surface area contributed by atoms with Crippen LogP contribution in [0.25, 0.3) is 33.3 Å². The van der Waals surface area contributed by atoms with Gasteiger partial charge in [0, 0.05) is 23.1 Å². The van der Waals surface area contributed by atoms with Gasteiger partial charge in [0.2, 0.25) is 0 Å². The number of pyridine rings is 1. The van der Waals surface area contributed by atoms with E-state index in [9.17, 15) is 14.5 Å². The standard InChI is InChI=1S/C21H11Cl2FN2O2/c22-17-11-18(23)19(24)9-16(17)21-10-14(12-4-2-1-3-5-12)15-8-13(26(27)28)6-7-20(15)25-21/h1-11H. The molecule has 0 radical (unpaired) electrons. The number of nitro benzene ring substituents is 1. The Morgan fingerprint density at radius 2 is 1.64 bits per heavy atom. The zero-order valence-electron chi connectivity index (χ0n) is 14.2. The molecule has 0 bridgehead atoms. The second-order valence-corrected chi connectivity index (χ2v) is 6.94. The number of hydrogen-bond donors (Lipinski definition) is 0. The van der Waals surface area contributed by atoms with E-state index in [1.54, 1.807) is 12.1 Å². The van der Waals surface area contributed by atoms with Crippen molar-refractivity contribution in [1.29, 1.82) is 0 Å². The van der Waals surface area contributed by atoms with Gasteiger partial charge in [0.1, 0.15) is 5.82 Å². The van der Waals surface area contributed by atoms with E-state index >= 15 is 0 Å². The fraction of sp³-hybridized carbons (Fsp3) is 0. The Morgan fingerprint density at radius 1 is 0.893 bits per heavy atom. The number of non-ortho nitro benzene ring substituents is 1. The van der Waals surface area contributed by atoms with Crippen LogP contribution >= 0.6 is 23.2 Å². The highest BCUT2D eigenvalue weighted by Crippen LogP contribution is 2.37. The number of hydrogen-bond acceptors (Lipinski definition) is 3. The molecule has 1 aromatic heterocycles. The number of rotatable bonds is 3. The molecule has 138 valence electrons. The maximum atomic E-state index is 14.0. The predicted octanol–water partition coefficient (Wildman–Crippen LogP) is 6.92. The fourth-order valence-electron chi connectivity index (χ4n) is 3.04. The Balaban J connectivity index is 2.04. The molecule has 4 rings (SSSR count). The topological polar surface area (TPSA) is 56.0 Å². The fourth-order valence-corrected chi connectivity index (χ4v) is 3.52.